The van der Waals surface area contributed by atoms with Crippen LogP contribution in [0.15, 0.2) is 65.2 Å². The predicted octanol–water partition coefficient (Wildman–Crippen LogP) is 5.70. The molecule has 0 fully saturated rings. The van der Waals surface area contributed by atoms with Gasteiger partial charge < -0.3 is 14.5 Å². The molecule has 0 aliphatic heterocycles. The van der Waals surface area contributed by atoms with Crippen LogP contribution in [0, 0.1) is 6.92 Å². The Morgan fingerprint density at radius 3 is 2.55 bits per heavy atom. The van der Waals surface area contributed by atoms with E-state index in [4.69, 9.17) is 9.15 Å². The Morgan fingerprint density at radius 1 is 1.07 bits per heavy atom. The van der Waals surface area contributed by atoms with E-state index in [2.05, 4.69) is 15.3 Å². The van der Waals surface area contributed by atoms with E-state index < -0.39 is 0 Å². The summed E-state index contributed by atoms with van der Waals surface area (Å²) < 4.78 is 11.4. The van der Waals surface area contributed by atoms with Gasteiger partial charge in [-0.2, -0.15) is 0 Å². The quantitative estimate of drug-likeness (QED) is 0.475. The lowest BCUT2D eigenvalue weighted by Gasteiger charge is -2.07. The minimum absolute atomic E-state index is 0.205. The summed E-state index contributed by atoms with van der Waals surface area (Å²) >= 11 is 0. The number of carbonyl (C=O) groups is 1. The SMILES string of the molecule is Cc1ccc(Oc2ccc(C(=O)Nc3ccc4oc(C(C)C)nc4c3)cc2)nc1. The first-order chi connectivity index (χ1) is 14.0. The molecule has 146 valence electrons. The molecule has 0 saturated heterocycles. The molecule has 0 aliphatic rings. The van der Waals surface area contributed by atoms with Gasteiger partial charge in [0.15, 0.2) is 11.5 Å². The standard InChI is InChI=1S/C23H21N3O3/c1-14(2)23-26-19-12-17(7-10-20(19)29-23)25-22(27)16-5-8-18(9-6-16)28-21-11-4-15(3)13-24-21/h4-14H,1-3H3,(H,25,27). The Labute approximate surface area is 168 Å². The lowest BCUT2D eigenvalue weighted by atomic mass is 10.2. The van der Waals surface area contributed by atoms with E-state index >= 15 is 0 Å². The molecule has 4 aromatic rings. The fraction of sp³-hybridized carbons (Fsp3) is 0.174. The van der Waals surface area contributed by atoms with E-state index in [1.807, 2.05) is 39.0 Å². The molecule has 0 radical (unpaired) electrons. The van der Waals surface area contributed by atoms with Crippen molar-refractivity contribution in [2.45, 2.75) is 26.7 Å². The molecule has 0 atom stereocenters. The number of aromatic nitrogens is 2. The van der Waals surface area contributed by atoms with Gasteiger partial charge in [-0.1, -0.05) is 19.9 Å². The third-order valence-corrected chi connectivity index (χ3v) is 4.38. The summed E-state index contributed by atoms with van der Waals surface area (Å²) in [4.78, 5) is 21.2. The van der Waals surface area contributed by atoms with Gasteiger partial charge in [0.25, 0.3) is 5.91 Å². The smallest absolute Gasteiger partial charge is 0.255 e. The van der Waals surface area contributed by atoms with Crippen LogP contribution in [0.2, 0.25) is 0 Å². The minimum Gasteiger partial charge on any atom is -0.440 e. The third kappa shape index (κ3) is 4.27. The molecule has 1 amide bonds. The second-order valence-corrected chi connectivity index (χ2v) is 7.14. The zero-order chi connectivity index (χ0) is 20.4. The number of hydrogen-bond donors (Lipinski definition) is 1. The molecule has 1 N–H and O–H groups in total. The van der Waals surface area contributed by atoms with Crippen LogP contribution in [-0.4, -0.2) is 15.9 Å². The Bertz CT molecular complexity index is 1150. The molecule has 6 nitrogen and oxygen atoms in total. The Kier molecular flexibility index (Phi) is 4.99. The van der Waals surface area contributed by atoms with Gasteiger partial charge in [0.05, 0.1) is 0 Å². The van der Waals surface area contributed by atoms with Crippen molar-refractivity contribution >= 4 is 22.7 Å². The highest BCUT2D eigenvalue weighted by atomic mass is 16.5. The highest BCUT2D eigenvalue weighted by Gasteiger charge is 2.12. The number of anilines is 1. The lowest BCUT2D eigenvalue weighted by molar-refractivity contribution is 0.102. The number of oxazole rings is 1. The van der Waals surface area contributed by atoms with Gasteiger partial charge in [0, 0.05) is 29.4 Å². The van der Waals surface area contributed by atoms with E-state index in [9.17, 15) is 4.79 Å². The first-order valence-electron chi connectivity index (χ1n) is 9.40. The van der Waals surface area contributed by atoms with Crippen LogP contribution >= 0.6 is 0 Å². The maximum absolute atomic E-state index is 12.6. The average Bonchev–Trinajstić information content (AvgIpc) is 3.14. The molecule has 2 aromatic carbocycles. The fourth-order valence-corrected chi connectivity index (χ4v) is 2.78. The summed E-state index contributed by atoms with van der Waals surface area (Å²) in [5.74, 6) is 1.80. The molecule has 29 heavy (non-hydrogen) atoms. The van der Waals surface area contributed by atoms with Crippen LogP contribution < -0.4 is 10.1 Å². The normalized spacial score (nSPS) is 11.0. The Balaban J connectivity index is 1.45. The van der Waals surface area contributed by atoms with Gasteiger partial charge in [-0.3, -0.25) is 4.79 Å². The summed E-state index contributed by atoms with van der Waals surface area (Å²) in [6.07, 6.45) is 1.74. The summed E-state index contributed by atoms with van der Waals surface area (Å²) in [6, 6.07) is 16.1. The van der Waals surface area contributed by atoms with Crippen molar-refractivity contribution in [2.24, 2.45) is 0 Å². The zero-order valence-electron chi connectivity index (χ0n) is 16.5. The summed E-state index contributed by atoms with van der Waals surface area (Å²) in [7, 11) is 0. The molecule has 2 heterocycles. The number of benzene rings is 2. The summed E-state index contributed by atoms with van der Waals surface area (Å²) in [5, 5.41) is 2.89. The number of pyridine rings is 1. The highest BCUT2D eigenvalue weighted by Crippen LogP contribution is 2.24. The predicted molar refractivity (Wildman–Crippen MR) is 112 cm³/mol. The number of ether oxygens (including phenoxy) is 1. The van der Waals surface area contributed by atoms with E-state index in [1.165, 1.54) is 0 Å². The molecular formula is C23H21N3O3. The van der Waals surface area contributed by atoms with Gasteiger partial charge in [0.2, 0.25) is 5.88 Å². The molecule has 0 saturated carbocycles. The second kappa shape index (κ2) is 7.75. The molecule has 0 spiro atoms. The van der Waals surface area contributed by atoms with Crippen molar-refractivity contribution in [3.05, 3.63) is 77.8 Å². The van der Waals surface area contributed by atoms with Crippen LogP contribution in [0.5, 0.6) is 11.6 Å². The van der Waals surface area contributed by atoms with E-state index in [1.54, 1.807) is 42.6 Å². The Hall–Kier alpha value is -3.67. The van der Waals surface area contributed by atoms with E-state index in [0.29, 0.717) is 34.4 Å². The number of rotatable bonds is 5. The topological polar surface area (TPSA) is 77.2 Å². The summed E-state index contributed by atoms with van der Waals surface area (Å²) in [6.45, 7) is 6.01. The van der Waals surface area contributed by atoms with Gasteiger partial charge in [-0.05, 0) is 55.0 Å². The molecule has 0 bridgehead atoms. The molecule has 0 aliphatic carbocycles. The monoisotopic (exact) mass is 387 g/mol. The number of nitrogens with zero attached hydrogens (tertiary/aromatic N) is 2. The summed E-state index contributed by atoms with van der Waals surface area (Å²) in [5.41, 5.74) is 3.68. The van der Waals surface area contributed by atoms with Crippen LogP contribution in [0.1, 0.15) is 41.6 Å². The van der Waals surface area contributed by atoms with Gasteiger partial charge >= 0.3 is 0 Å². The second-order valence-electron chi connectivity index (χ2n) is 7.14. The van der Waals surface area contributed by atoms with Crippen molar-refractivity contribution < 1.29 is 13.9 Å². The van der Waals surface area contributed by atoms with Crippen molar-refractivity contribution in [1.29, 1.82) is 0 Å². The van der Waals surface area contributed by atoms with E-state index in [0.717, 1.165) is 11.1 Å². The number of hydrogen-bond acceptors (Lipinski definition) is 5. The number of carbonyl (C=O) groups excluding carboxylic acids is 1. The van der Waals surface area contributed by atoms with Gasteiger partial charge in [-0.15, -0.1) is 0 Å². The number of aryl methyl sites for hydroxylation is 1. The molecule has 2 aromatic heterocycles. The van der Waals surface area contributed by atoms with E-state index in [-0.39, 0.29) is 11.8 Å². The zero-order valence-corrected chi connectivity index (χ0v) is 16.5. The lowest BCUT2D eigenvalue weighted by Crippen LogP contribution is -2.11. The van der Waals surface area contributed by atoms with Crippen LogP contribution in [0.4, 0.5) is 5.69 Å². The first kappa shape index (κ1) is 18.7. The maximum Gasteiger partial charge on any atom is 0.255 e. The number of nitrogens with one attached hydrogen (secondary N) is 1. The third-order valence-electron chi connectivity index (χ3n) is 4.38. The fourth-order valence-electron chi connectivity index (χ4n) is 2.78. The maximum atomic E-state index is 12.6. The number of fused-ring (bicyclic) bond motifs is 1. The van der Waals surface area contributed by atoms with Crippen molar-refractivity contribution in [3.63, 3.8) is 0 Å². The van der Waals surface area contributed by atoms with Crippen LogP contribution in [0.25, 0.3) is 11.1 Å². The van der Waals surface area contributed by atoms with Crippen molar-refractivity contribution in [2.75, 3.05) is 5.32 Å². The Morgan fingerprint density at radius 2 is 1.86 bits per heavy atom. The largest absolute Gasteiger partial charge is 0.440 e. The molecular weight excluding hydrogens is 366 g/mol. The van der Waals surface area contributed by atoms with Crippen LogP contribution in [-0.2, 0) is 0 Å². The van der Waals surface area contributed by atoms with Gasteiger partial charge in [-0.25, -0.2) is 9.97 Å². The first-order valence-corrected chi connectivity index (χ1v) is 9.40. The van der Waals surface area contributed by atoms with Gasteiger partial charge in [0.1, 0.15) is 11.3 Å². The molecule has 6 heteroatoms. The number of amides is 1. The van der Waals surface area contributed by atoms with Crippen molar-refractivity contribution in [3.8, 4) is 11.6 Å². The molecule has 4 rings (SSSR count). The van der Waals surface area contributed by atoms with Crippen LogP contribution in [0.3, 0.4) is 0 Å². The van der Waals surface area contributed by atoms with Crippen molar-refractivity contribution in [1.82, 2.24) is 9.97 Å². The highest BCUT2D eigenvalue weighted by molar-refractivity contribution is 6.05. The molecule has 0 unspecified atom stereocenters. The minimum atomic E-state index is -0.211. The average molecular weight is 387 g/mol.